The number of amides is 1. The number of nitrogens with one attached hydrogen (secondary N) is 2. The first kappa shape index (κ1) is 18.2. The molecule has 0 aromatic carbocycles. The van der Waals surface area contributed by atoms with Gasteiger partial charge in [-0.05, 0) is 79.1 Å². The minimum absolute atomic E-state index is 0.207. The summed E-state index contributed by atoms with van der Waals surface area (Å²) in [4.78, 5) is 13.7. The van der Waals surface area contributed by atoms with E-state index >= 15 is 0 Å². The molecule has 1 amide bonds. The monoisotopic (exact) mass is 299 g/mol. The van der Waals surface area contributed by atoms with Crippen LogP contribution in [0.25, 0.3) is 0 Å². The molecule has 5 heteroatoms. The van der Waals surface area contributed by atoms with E-state index in [9.17, 15) is 4.79 Å². The number of piperidine rings is 1. The summed E-state index contributed by atoms with van der Waals surface area (Å²) in [6.07, 6.45) is 3.36. The predicted octanol–water partition coefficient (Wildman–Crippen LogP) is 2.22. The van der Waals surface area contributed by atoms with Gasteiger partial charge in [0.1, 0.15) is 5.60 Å². The third-order valence-electron chi connectivity index (χ3n) is 3.65. The van der Waals surface area contributed by atoms with Crippen molar-refractivity contribution in [2.24, 2.45) is 5.92 Å². The van der Waals surface area contributed by atoms with Gasteiger partial charge in [-0.1, -0.05) is 0 Å². The molecule has 0 aromatic heterocycles. The maximum absolute atomic E-state index is 12.0. The van der Waals surface area contributed by atoms with Gasteiger partial charge < -0.3 is 20.3 Å². The number of ether oxygens (including phenoxy) is 1. The van der Waals surface area contributed by atoms with Crippen LogP contribution in [-0.2, 0) is 4.74 Å². The summed E-state index contributed by atoms with van der Waals surface area (Å²) < 4.78 is 5.40. The number of carbonyl (C=O) groups excluding carboxylic acids is 1. The number of rotatable bonds is 7. The van der Waals surface area contributed by atoms with Gasteiger partial charge in [0.25, 0.3) is 0 Å². The van der Waals surface area contributed by atoms with E-state index in [-0.39, 0.29) is 6.09 Å². The van der Waals surface area contributed by atoms with Crippen LogP contribution >= 0.6 is 0 Å². The molecule has 5 nitrogen and oxygen atoms in total. The van der Waals surface area contributed by atoms with Crippen molar-refractivity contribution in [3.05, 3.63) is 0 Å². The summed E-state index contributed by atoms with van der Waals surface area (Å²) >= 11 is 0. The summed E-state index contributed by atoms with van der Waals surface area (Å²) in [5.41, 5.74) is -0.420. The number of nitrogens with zero attached hydrogens (tertiary/aromatic N) is 1. The Bertz CT molecular complexity index is 296. The molecule has 0 aromatic rings. The van der Waals surface area contributed by atoms with Gasteiger partial charge in [0.15, 0.2) is 0 Å². The lowest BCUT2D eigenvalue weighted by Crippen LogP contribution is -2.39. The molecule has 2 N–H and O–H groups in total. The summed E-state index contributed by atoms with van der Waals surface area (Å²) in [7, 11) is 0. The van der Waals surface area contributed by atoms with E-state index in [0.717, 1.165) is 45.1 Å². The van der Waals surface area contributed by atoms with Gasteiger partial charge in [-0.3, -0.25) is 0 Å². The second kappa shape index (κ2) is 9.26. The molecule has 1 aliphatic rings. The van der Waals surface area contributed by atoms with Crippen molar-refractivity contribution in [1.29, 1.82) is 0 Å². The highest BCUT2D eigenvalue weighted by molar-refractivity contribution is 5.68. The zero-order valence-electron chi connectivity index (χ0n) is 14.2. The van der Waals surface area contributed by atoms with Gasteiger partial charge in [-0.15, -0.1) is 0 Å². The second-order valence-electron chi connectivity index (χ2n) is 6.83. The SMILES string of the molecule is CCN(CCCNCC1CCCNC1)C(=O)OC(C)(C)C. The molecule has 1 heterocycles. The van der Waals surface area contributed by atoms with Crippen LogP contribution in [0, 0.1) is 5.92 Å². The van der Waals surface area contributed by atoms with Crippen LogP contribution in [0.2, 0.25) is 0 Å². The van der Waals surface area contributed by atoms with Crippen molar-refractivity contribution in [2.75, 3.05) is 39.3 Å². The summed E-state index contributed by atoms with van der Waals surface area (Å²) in [6, 6.07) is 0. The van der Waals surface area contributed by atoms with Crippen LogP contribution in [0.4, 0.5) is 4.79 Å². The van der Waals surface area contributed by atoms with Crippen molar-refractivity contribution >= 4 is 6.09 Å². The molecule has 0 aliphatic carbocycles. The Morgan fingerprint density at radius 1 is 1.43 bits per heavy atom. The average molecular weight is 299 g/mol. The van der Waals surface area contributed by atoms with Crippen LogP contribution in [-0.4, -0.2) is 55.9 Å². The molecular formula is C16H33N3O2. The zero-order valence-corrected chi connectivity index (χ0v) is 14.2. The van der Waals surface area contributed by atoms with Crippen molar-refractivity contribution < 1.29 is 9.53 Å². The maximum Gasteiger partial charge on any atom is 0.410 e. The Balaban J connectivity index is 2.12. The van der Waals surface area contributed by atoms with Crippen LogP contribution in [0.3, 0.4) is 0 Å². The van der Waals surface area contributed by atoms with E-state index in [1.807, 2.05) is 27.7 Å². The molecule has 1 rings (SSSR count). The maximum atomic E-state index is 12.0. The standard InChI is InChI=1S/C16H33N3O2/c1-5-19(15(20)21-16(2,3)4)11-7-10-18-13-14-8-6-9-17-12-14/h14,17-18H,5-13H2,1-4H3. The summed E-state index contributed by atoms with van der Waals surface area (Å²) in [5.74, 6) is 0.756. The van der Waals surface area contributed by atoms with Gasteiger partial charge in [0, 0.05) is 13.1 Å². The van der Waals surface area contributed by atoms with Crippen molar-refractivity contribution in [3.8, 4) is 0 Å². The first-order valence-electron chi connectivity index (χ1n) is 8.31. The van der Waals surface area contributed by atoms with Crippen LogP contribution in [0.15, 0.2) is 0 Å². The first-order chi connectivity index (χ1) is 9.92. The van der Waals surface area contributed by atoms with Gasteiger partial charge in [0.05, 0.1) is 0 Å². The molecule has 1 fully saturated rings. The molecule has 0 saturated carbocycles. The molecule has 21 heavy (non-hydrogen) atoms. The third kappa shape index (κ3) is 8.27. The molecular weight excluding hydrogens is 266 g/mol. The summed E-state index contributed by atoms with van der Waals surface area (Å²) in [6.45, 7) is 13.5. The Kier molecular flexibility index (Phi) is 8.04. The number of carbonyl (C=O) groups is 1. The number of hydrogen-bond acceptors (Lipinski definition) is 4. The predicted molar refractivity (Wildman–Crippen MR) is 86.6 cm³/mol. The lowest BCUT2D eigenvalue weighted by atomic mass is 10.00. The van der Waals surface area contributed by atoms with Gasteiger partial charge >= 0.3 is 6.09 Å². The molecule has 124 valence electrons. The van der Waals surface area contributed by atoms with E-state index in [1.165, 1.54) is 12.8 Å². The van der Waals surface area contributed by atoms with E-state index in [2.05, 4.69) is 10.6 Å². The molecule has 1 aliphatic heterocycles. The zero-order chi connectivity index (χ0) is 15.7. The van der Waals surface area contributed by atoms with Crippen molar-refractivity contribution in [2.45, 2.75) is 52.6 Å². The molecule has 0 spiro atoms. The largest absolute Gasteiger partial charge is 0.444 e. The highest BCUT2D eigenvalue weighted by atomic mass is 16.6. The van der Waals surface area contributed by atoms with Gasteiger partial charge in [-0.25, -0.2) is 4.79 Å². The fraction of sp³-hybridized carbons (Fsp3) is 0.938. The van der Waals surface area contributed by atoms with Crippen molar-refractivity contribution in [1.82, 2.24) is 15.5 Å². The Labute approximate surface area is 129 Å². The Morgan fingerprint density at radius 3 is 2.76 bits per heavy atom. The lowest BCUT2D eigenvalue weighted by molar-refractivity contribution is 0.0258. The molecule has 1 atom stereocenters. The fourth-order valence-corrected chi connectivity index (χ4v) is 2.50. The van der Waals surface area contributed by atoms with Crippen LogP contribution in [0.1, 0.15) is 47.0 Å². The molecule has 1 unspecified atom stereocenters. The van der Waals surface area contributed by atoms with E-state index in [0.29, 0.717) is 6.54 Å². The molecule has 1 saturated heterocycles. The summed E-state index contributed by atoms with van der Waals surface area (Å²) in [5, 5.41) is 6.93. The fourth-order valence-electron chi connectivity index (χ4n) is 2.50. The van der Waals surface area contributed by atoms with E-state index in [4.69, 9.17) is 4.74 Å². The van der Waals surface area contributed by atoms with E-state index in [1.54, 1.807) is 4.90 Å². The van der Waals surface area contributed by atoms with Crippen LogP contribution in [0.5, 0.6) is 0 Å². The Morgan fingerprint density at radius 2 is 2.19 bits per heavy atom. The first-order valence-corrected chi connectivity index (χ1v) is 8.31. The Hall–Kier alpha value is -0.810. The smallest absolute Gasteiger partial charge is 0.410 e. The topological polar surface area (TPSA) is 53.6 Å². The highest BCUT2D eigenvalue weighted by Gasteiger charge is 2.20. The number of hydrogen-bond donors (Lipinski definition) is 2. The normalized spacial score (nSPS) is 19.3. The molecule has 0 bridgehead atoms. The van der Waals surface area contributed by atoms with Gasteiger partial charge in [-0.2, -0.15) is 0 Å². The van der Waals surface area contributed by atoms with E-state index < -0.39 is 5.60 Å². The van der Waals surface area contributed by atoms with Gasteiger partial charge in [0.2, 0.25) is 0 Å². The highest BCUT2D eigenvalue weighted by Crippen LogP contribution is 2.10. The minimum atomic E-state index is -0.420. The van der Waals surface area contributed by atoms with Crippen molar-refractivity contribution in [3.63, 3.8) is 0 Å². The van der Waals surface area contributed by atoms with Crippen LogP contribution < -0.4 is 10.6 Å². The molecule has 0 radical (unpaired) electrons. The third-order valence-corrected chi connectivity index (χ3v) is 3.65. The quantitative estimate of drug-likeness (QED) is 0.708. The average Bonchev–Trinajstić information content (AvgIpc) is 2.42. The minimum Gasteiger partial charge on any atom is -0.444 e. The second-order valence-corrected chi connectivity index (χ2v) is 6.83. The lowest BCUT2D eigenvalue weighted by Gasteiger charge is -2.27.